The van der Waals surface area contributed by atoms with Gasteiger partial charge in [-0.3, -0.25) is 4.79 Å². The van der Waals surface area contributed by atoms with Crippen molar-refractivity contribution in [3.05, 3.63) is 83.1 Å². The average molecular weight is 494 g/mol. The number of nitrogens with zero attached hydrogens (tertiary/aromatic N) is 2. The first-order valence-corrected chi connectivity index (χ1v) is 11.8. The summed E-state index contributed by atoms with van der Waals surface area (Å²) in [4.78, 5) is 17.3. The first-order chi connectivity index (χ1) is 17.1. The standard InChI is InChI=1S/C27H28ClN3O4/c1-33-24-12-7-19(17-25(24)34-2)18-27(32)29-14-13-26-30-22-5-3-4-6-23(22)31(26)15-16-35-21-10-8-20(28)9-11-21/h3-12,17H,13-16,18H2,1-2H3,(H,29,32). The summed E-state index contributed by atoms with van der Waals surface area (Å²) < 4.78 is 18.6. The van der Waals surface area contributed by atoms with E-state index in [1.54, 1.807) is 32.4 Å². The zero-order valence-corrected chi connectivity index (χ0v) is 20.5. The van der Waals surface area contributed by atoms with E-state index in [-0.39, 0.29) is 12.3 Å². The molecule has 1 amide bonds. The molecule has 0 atom stereocenters. The fourth-order valence-corrected chi connectivity index (χ4v) is 4.03. The molecule has 7 nitrogen and oxygen atoms in total. The zero-order valence-electron chi connectivity index (χ0n) is 19.8. The SMILES string of the molecule is COc1ccc(CC(=O)NCCc2nc3ccccc3n2CCOc2ccc(Cl)cc2)cc1OC. The molecule has 0 aliphatic carbocycles. The lowest BCUT2D eigenvalue weighted by Gasteiger charge is -2.12. The topological polar surface area (TPSA) is 74.6 Å². The second-order valence-corrected chi connectivity index (χ2v) is 8.37. The lowest BCUT2D eigenvalue weighted by Crippen LogP contribution is -2.28. The Balaban J connectivity index is 1.36. The van der Waals surface area contributed by atoms with Gasteiger partial charge in [-0.1, -0.05) is 29.8 Å². The van der Waals surface area contributed by atoms with Crippen LogP contribution >= 0.6 is 11.6 Å². The van der Waals surface area contributed by atoms with Gasteiger partial charge in [0.05, 0.1) is 38.2 Å². The van der Waals surface area contributed by atoms with Gasteiger partial charge >= 0.3 is 0 Å². The molecule has 0 spiro atoms. The number of hydrogen-bond acceptors (Lipinski definition) is 5. The number of aromatic nitrogens is 2. The Labute approximate surface area is 209 Å². The van der Waals surface area contributed by atoms with Crippen molar-refractivity contribution in [1.82, 2.24) is 14.9 Å². The van der Waals surface area contributed by atoms with Gasteiger partial charge in [0.2, 0.25) is 5.91 Å². The second kappa shape index (κ2) is 11.6. The van der Waals surface area contributed by atoms with E-state index in [9.17, 15) is 4.79 Å². The molecule has 8 heteroatoms. The fourth-order valence-electron chi connectivity index (χ4n) is 3.90. The monoisotopic (exact) mass is 493 g/mol. The summed E-state index contributed by atoms with van der Waals surface area (Å²) >= 11 is 5.95. The molecule has 3 aromatic carbocycles. The van der Waals surface area contributed by atoms with Crippen molar-refractivity contribution in [3.63, 3.8) is 0 Å². The van der Waals surface area contributed by atoms with E-state index >= 15 is 0 Å². The molecule has 0 aliphatic heterocycles. The van der Waals surface area contributed by atoms with Gasteiger partial charge in [-0.15, -0.1) is 0 Å². The third-order valence-corrected chi connectivity index (χ3v) is 5.87. The van der Waals surface area contributed by atoms with Crippen LogP contribution in [0, 0.1) is 0 Å². The molecule has 35 heavy (non-hydrogen) atoms. The van der Waals surface area contributed by atoms with Crippen molar-refractivity contribution < 1.29 is 19.0 Å². The molecule has 182 valence electrons. The first kappa shape index (κ1) is 24.4. The summed E-state index contributed by atoms with van der Waals surface area (Å²) in [5.41, 5.74) is 2.82. The van der Waals surface area contributed by atoms with Crippen molar-refractivity contribution in [1.29, 1.82) is 0 Å². The number of methoxy groups -OCH3 is 2. The highest BCUT2D eigenvalue weighted by molar-refractivity contribution is 6.30. The fraction of sp³-hybridized carbons (Fsp3) is 0.259. The molecular weight excluding hydrogens is 466 g/mol. The van der Waals surface area contributed by atoms with Crippen LogP contribution in [-0.2, 0) is 24.2 Å². The predicted octanol–water partition coefficient (Wildman–Crippen LogP) is 4.69. The van der Waals surface area contributed by atoms with Crippen molar-refractivity contribution in [2.75, 3.05) is 27.4 Å². The van der Waals surface area contributed by atoms with E-state index in [0.717, 1.165) is 28.2 Å². The Bertz CT molecular complexity index is 1290. The van der Waals surface area contributed by atoms with Crippen LogP contribution in [0.5, 0.6) is 17.2 Å². The Morgan fingerprint density at radius 1 is 1.00 bits per heavy atom. The molecule has 0 bridgehead atoms. The summed E-state index contributed by atoms with van der Waals surface area (Å²) in [5, 5.41) is 3.67. The quantitative estimate of drug-likeness (QED) is 0.328. The molecule has 4 rings (SSSR count). The summed E-state index contributed by atoms with van der Waals surface area (Å²) in [5.74, 6) is 2.84. The van der Waals surface area contributed by atoms with Gasteiger partial charge in [-0.05, 0) is 54.1 Å². The van der Waals surface area contributed by atoms with Crippen molar-refractivity contribution in [3.8, 4) is 17.2 Å². The van der Waals surface area contributed by atoms with Gasteiger partial charge in [0.25, 0.3) is 0 Å². The molecule has 1 aromatic heterocycles. The summed E-state index contributed by atoms with van der Waals surface area (Å²) in [7, 11) is 3.16. The Hall–Kier alpha value is -3.71. The number of carbonyl (C=O) groups excluding carboxylic acids is 1. The van der Waals surface area contributed by atoms with E-state index < -0.39 is 0 Å². The van der Waals surface area contributed by atoms with E-state index in [1.807, 2.05) is 48.5 Å². The van der Waals surface area contributed by atoms with Crippen molar-refractivity contribution in [2.24, 2.45) is 0 Å². The van der Waals surface area contributed by atoms with Gasteiger partial charge in [0.15, 0.2) is 11.5 Å². The van der Waals surface area contributed by atoms with E-state index in [0.29, 0.717) is 42.6 Å². The first-order valence-electron chi connectivity index (χ1n) is 11.4. The maximum atomic E-state index is 12.5. The van der Waals surface area contributed by atoms with Crippen molar-refractivity contribution >= 4 is 28.5 Å². The minimum atomic E-state index is -0.0639. The Morgan fingerprint density at radius 3 is 2.54 bits per heavy atom. The zero-order chi connectivity index (χ0) is 24.6. The molecule has 0 saturated heterocycles. The molecule has 0 unspecified atom stereocenters. The molecular formula is C27H28ClN3O4. The number of carbonyl (C=O) groups is 1. The minimum Gasteiger partial charge on any atom is -0.493 e. The number of ether oxygens (including phenoxy) is 3. The number of amides is 1. The lowest BCUT2D eigenvalue weighted by atomic mass is 10.1. The maximum Gasteiger partial charge on any atom is 0.224 e. The molecule has 1 heterocycles. The van der Waals surface area contributed by atoms with Gasteiger partial charge < -0.3 is 24.1 Å². The average Bonchev–Trinajstić information content (AvgIpc) is 3.22. The Morgan fingerprint density at radius 2 is 1.77 bits per heavy atom. The van der Waals surface area contributed by atoms with Crippen LogP contribution in [0.4, 0.5) is 0 Å². The molecule has 0 saturated carbocycles. The number of nitrogens with one attached hydrogen (secondary N) is 1. The highest BCUT2D eigenvalue weighted by atomic mass is 35.5. The highest BCUT2D eigenvalue weighted by Crippen LogP contribution is 2.27. The van der Waals surface area contributed by atoms with Crippen LogP contribution in [0.2, 0.25) is 5.02 Å². The summed E-state index contributed by atoms with van der Waals surface area (Å²) in [6.07, 6.45) is 0.860. The smallest absolute Gasteiger partial charge is 0.224 e. The maximum absolute atomic E-state index is 12.5. The molecule has 1 N–H and O–H groups in total. The largest absolute Gasteiger partial charge is 0.493 e. The molecule has 0 radical (unpaired) electrons. The van der Waals surface area contributed by atoms with Crippen LogP contribution in [0.3, 0.4) is 0 Å². The third-order valence-electron chi connectivity index (χ3n) is 5.61. The van der Waals surface area contributed by atoms with Crippen LogP contribution in [0.15, 0.2) is 66.7 Å². The van der Waals surface area contributed by atoms with Crippen molar-refractivity contribution in [2.45, 2.75) is 19.4 Å². The number of rotatable bonds is 11. The number of halogens is 1. The van der Waals surface area contributed by atoms with E-state index in [1.165, 1.54) is 0 Å². The van der Waals surface area contributed by atoms with E-state index in [4.69, 9.17) is 30.8 Å². The summed E-state index contributed by atoms with van der Waals surface area (Å²) in [6, 6.07) is 20.8. The number of hydrogen-bond donors (Lipinski definition) is 1. The second-order valence-electron chi connectivity index (χ2n) is 7.94. The van der Waals surface area contributed by atoms with Gasteiger partial charge in [-0.25, -0.2) is 4.98 Å². The molecule has 0 fully saturated rings. The van der Waals surface area contributed by atoms with Gasteiger partial charge in [0, 0.05) is 18.0 Å². The van der Waals surface area contributed by atoms with Crippen LogP contribution in [0.25, 0.3) is 11.0 Å². The normalized spacial score (nSPS) is 10.8. The van der Waals surface area contributed by atoms with E-state index in [2.05, 4.69) is 9.88 Å². The van der Waals surface area contributed by atoms with Crippen LogP contribution < -0.4 is 19.5 Å². The molecule has 0 aliphatic rings. The van der Waals surface area contributed by atoms with Gasteiger partial charge in [0.1, 0.15) is 18.2 Å². The number of para-hydroxylation sites is 2. The third kappa shape index (κ3) is 6.25. The van der Waals surface area contributed by atoms with Crippen LogP contribution in [-0.4, -0.2) is 42.8 Å². The Kier molecular flexibility index (Phi) is 8.11. The number of fused-ring (bicyclic) bond motifs is 1. The van der Waals surface area contributed by atoms with Gasteiger partial charge in [-0.2, -0.15) is 0 Å². The number of imidazole rings is 1. The summed E-state index contributed by atoms with van der Waals surface area (Å²) in [6.45, 7) is 1.60. The lowest BCUT2D eigenvalue weighted by molar-refractivity contribution is -0.120. The molecule has 4 aromatic rings. The highest BCUT2D eigenvalue weighted by Gasteiger charge is 2.12. The minimum absolute atomic E-state index is 0.0639. The van der Waals surface area contributed by atoms with Crippen LogP contribution in [0.1, 0.15) is 11.4 Å². The number of benzene rings is 3. The predicted molar refractivity (Wildman–Crippen MR) is 137 cm³/mol.